The number of carbonyl (C=O) groups is 2. The van der Waals surface area contributed by atoms with E-state index in [2.05, 4.69) is 15.2 Å². The molecule has 2 fully saturated rings. The van der Waals surface area contributed by atoms with E-state index >= 15 is 0 Å². The Hall–Kier alpha value is -4.29. The molecule has 0 spiro atoms. The molecule has 47 heavy (non-hydrogen) atoms. The van der Waals surface area contributed by atoms with Crippen molar-refractivity contribution in [1.29, 1.82) is 0 Å². The number of halogens is 2. The van der Waals surface area contributed by atoms with Crippen LogP contribution in [0.4, 0.5) is 10.5 Å². The zero-order chi connectivity index (χ0) is 32.8. The predicted molar refractivity (Wildman–Crippen MR) is 177 cm³/mol. The maximum Gasteiger partial charge on any atom is 0.326 e. The van der Waals surface area contributed by atoms with Crippen LogP contribution in [0.3, 0.4) is 0 Å². The van der Waals surface area contributed by atoms with E-state index in [0.717, 1.165) is 11.3 Å². The van der Waals surface area contributed by atoms with Gasteiger partial charge in [-0.15, -0.1) is 0 Å². The van der Waals surface area contributed by atoms with Gasteiger partial charge in [0, 0.05) is 61.3 Å². The van der Waals surface area contributed by atoms with Gasteiger partial charge in [0.25, 0.3) is 0 Å². The third-order valence-electron chi connectivity index (χ3n) is 8.23. The Morgan fingerprint density at radius 2 is 1.81 bits per heavy atom. The first-order valence-corrected chi connectivity index (χ1v) is 16.1. The maximum atomic E-state index is 12.9. The van der Waals surface area contributed by atoms with Gasteiger partial charge in [0.15, 0.2) is 0 Å². The second-order valence-corrected chi connectivity index (χ2v) is 12.3. The number of benzene rings is 3. The molecule has 1 aromatic heterocycles. The highest BCUT2D eigenvalue weighted by molar-refractivity contribution is 6.35. The summed E-state index contributed by atoms with van der Waals surface area (Å²) >= 11 is 12.7. The van der Waals surface area contributed by atoms with E-state index in [1.807, 2.05) is 71.4 Å². The predicted octanol–water partition coefficient (Wildman–Crippen LogP) is 5.06. The number of urea groups is 1. The monoisotopic (exact) mass is 679 g/mol. The van der Waals surface area contributed by atoms with E-state index in [1.165, 1.54) is 0 Å². The minimum absolute atomic E-state index is 0.222. The third kappa shape index (κ3) is 7.99. The van der Waals surface area contributed by atoms with Crippen molar-refractivity contribution in [3.63, 3.8) is 0 Å². The molecule has 2 saturated heterocycles. The zero-order valence-corrected chi connectivity index (χ0v) is 27.0. The van der Waals surface area contributed by atoms with Gasteiger partial charge in [-0.05, 0) is 42.0 Å². The van der Waals surface area contributed by atoms with Gasteiger partial charge in [0.2, 0.25) is 5.79 Å². The van der Waals surface area contributed by atoms with Crippen LogP contribution in [0.25, 0.3) is 0 Å². The SMILES string of the molecule is O=C(O)[C@H](Cc1ccccc1)NC(=O)N1CCN(c2ccc(OC[C@@H]3CO[C@@](Cn4ccnc4)(c4ccc(Cl)cc4Cl)O3)cc2)CC1. The van der Waals surface area contributed by atoms with Crippen LogP contribution in [-0.2, 0) is 33.0 Å². The van der Waals surface area contributed by atoms with Crippen LogP contribution in [0.2, 0.25) is 10.0 Å². The number of aliphatic carboxylic acids is 1. The minimum Gasteiger partial charge on any atom is -0.491 e. The van der Waals surface area contributed by atoms with E-state index in [9.17, 15) is 14.7 Å². The Morgan fingerprint density at radius 1 is 1.04 bits per heavy atom. The van der Waals surface area contributed by atoms with Gasteiger partial charge in [-0.3, -0.25) is 0 Å². The lowest BCUT2D eigenvalue weighted by molar-refractivity contribution is -0.189. The number of carbonyl (C=O) groups excluding carboxylic acids is 1. The average Bonchev–Trinajstić information content (AvgIpc) is 3.75. The van der Waals surface area contributed by atoms with Gasteiger partial charge >= 0.3 is 12.0 Å². The summed E-state index contributed by atoms with van der Waals surface area (Å²) in [5.41, 5.74) is 2.53. The highest BCUT2D eigenvalue weighted by Crippen LogP contribution is 2.40. The standard InChI is InChI=1S/C34H35Cl2N5O6/c35-25-6-11-29(30(36)19-25)34(22-39-13-12-37-23-39)46-21-28(47-34)20-45-27-9-7-26(8-10-27)40-14-16-41(17-15-40)33(44)38-31(32(42)43)18-24-4-2-1-3-5-24/h1-13,19,23,28,31H,14-18,20-22H2,(H,38,44)(H,42,43)/t28-,31+,34-/m1/s1. The van der Waals surface area contributed by atoms with E-state index in [-0.39, 0.29) is 25.2 Å². The second kappa shape index (κ2) is 14.6. The summed E-state index contributed by atoms with van der Waals surface area (Å²) < 4.78 is 20.7. The molecule has 2 aliphatic heterocycles. The van der Waals surface area contributed by atoms with Crippen molar-refractivity contribution >= 4 is 40.9 Å². The van der Waals surface area contributed by atoms with Crippen molar-refractivity contribution in [2.75, 3.05) is 44.3 Å². The number of rotatable bonds is 11. The van der Waals surface area contributed by atoms with Crippen LogP contribution in [0.5, 0.6) is 5.75 Å². The molecule has 0 aliphatic carbocycles. The molecule has 4 aromatic rings. The summed E-state index contributed by atoms with van der Waals surface area (Å²) in [5, 5.41) is 13.3. The van der Waals surface area contributed by atoms with Crippen molar-refractivity contribution in [3.05, 3.63) is 113 Å². The smallest absolute Gasteiger partial charge is 0.326 e. The first kappa shape index (κ1) is 32.6. The zero-order valence-electron chi connectivity index (χ0n) is 25.5. The van der Waals surface area contributed by atoms with Gasteiger partial charge < -0.3 is 39.0 Å². The van der Waals surface area contributed by atoms with Crippen molar-refractivity contribution in [2.45, 2.75) is 30.9 Å². The lowest BCUT2D eigenvalue weighted by atomic mass is 10.1. The Morgan fingerprint density at radius 3 is 2.49 bits per heavy atom. The fraction of sp³-hybridized carbons (Fsp3) is 0.324. The number of nitrogens with one attached hydrogen (secondary N) is 1. The van der Waals surface area contributed by atoms with Crippen LogP contribution < -0.4 is 15.0 Å². The highest BCUT2D eigenvalue weighted by atomic mass is 35.5. The molecule has 0 bridgehead atoms. The molecule has 0 saturated carbocycles. The molecule has 246 valence electrons. The van der Waals surface area contributed by atoms with E-state index in [0.29, 0.717) is 60.7 Å². The Balaban J connectivity index is 1.000. The quantitative estimate of drug-likeness (QED) is 0.226. The Kier molecular flexibility index (Phi) is 10.2. The topological polar surface area (TPSA) is 118 Å². The summed E-state index contributed by atoms with van der Waals surface area (Å²) in [6.45, 7) is 3.10. The van der Waals surface area contributed by atoms with E-state index < -0.39 is 17.8 Å². The molecule has 3 aromatic carbocycles. The number of carboxylic acid groups (broad SMARTS) is 1. The van der Waals surface area contributed by atoms with Gasteiger partial charge in [0.1, 0.15) is 24.5 Å². The molecule has 0 unspecified atom stereocenters. The largest absolute Gasteiger partial charge is 0.491 e. The number of ether oxygens (including phenoxy) is 3. The van der Waals surface area contributed by atoms with Crippen LogP contribution >= 0.6 is 23.2 Å². The summed E-state index contributed by atoms with van der Waals surface area (Å²) in [6, 6.07) is 20.9. The molecular formula is C34H35Cl2N5O6. The number of aromatic nitrogens is 2. The van der Waals surface area contributed by atoms with Gasteiger partial charge in [-0.25, -0.2) is 14.6 Å². The molecule has 13 heteroatoms. The van der Waals surface area contributed by atoms with Crippen molar-refractivity contribution in [3.8, 4) is 5.75 Å². The first-order chi connectivity index (χ1) is 22.8. The number of hydrogen-bond donors (Lipinski definition) is 2. The summed E-state index contributed by atoms with van der Waals surface area (Å²) in [4.78, 5) is 32.7. The first-order valence-electron chi connectivity index (χ1n) is 15.3. The molecule has 3 atom stereocenters. The Labute approximate surface area is 282 Å². The number of anilines is 1. The average molecular weight is 681 g/mol. The second-order valence-electron chi connectivity index (χ2n) is 11.5. The van der Waals surface area contributed by atoms with Crippen LogP contribution in [0.15, 0.2) is 91.5 Å². The molecular weight excluding hydrogens is 645 g/mol. The normalized spacial score (nSPS) is 20.2. The van der Waals surface area contributed by atoms with Crippen molar-refractivity contribution in [1.82, 2.24) is 19.8 Å². The van der Waals surface area contributed by atoms with Crippen LogP contribution in [0.1, 0.15) is 11.1 Å². The fourth-order valence-corrected chi connectivity index (χ4v) is 6.33. The number of amides is 2. The lowest BCUT2D eigenvalue weighted by Crippen LogP contribution is -2.55. The molecule has 2 aliphatic rings. The molecule has 3 heterocycles. The molecule has 0 radical (unpaired) electrons. The maximum absolute atomic E-state index is 12.9. The van der Waals surface area contributed by atoms with Gasteiger partial charge in [-0.2, -0.15) is 0 Å². The number of hydrogen-bond acceptors (Lipinski definition) is 7. The summed E-state index contributed by atoms with van der Waals surface area (Å²) in [7, 11) is 0. The number of carboxylic acids is 1. The molecule has 11 nitrogen and oxygen atoms in total. The fourth-order valence-electron chi connectivity index (χ4n) is 5.78. The lowest BCUT2D eigenvalue weighted by Gasteiger charge is -2.36. The summed E-state index contributed by atoms with van der Waals surface area (Å²) in [6.07, 6.45) is 5.09. The molecule has 6 rings (SSSR count). The number of piperazine rings is 1. The van der Waals surface area contributed by atoms with Gasteiger partial charge in [-0.1, -0.05) is 59.6 Å². The molecule has 2 amide bonds. The van der Waals surface area contributed by atoms with Gasteiger partial charge in [0.05, 0.1) is 24.5 Å². The minimum atomic E-state index is -1.13. The van der Waals surface area contributed by atoms with Crippen LogP contribution in [0, 0.1) is 0 Å². The number of nitrogens with zero attached hydrogens (tertiary/aromatic N) is 4. The van der Waals surface area contributed by atoms with E-state index in [4.69, 9.17) is 37.4 Å². The van der Waals surface area contributed by atoms with E-state index in [1.54, 1.807) is 29.6 Å². The Bertz CT molecular complexity index is 1650. The highest BCUT2D eigenvalue weighted by Gasteiger charge is 2.45. The molecule has 2 N–H and O–H groups in total. The third-order valence-corrected chi connectivity index (χ3v) is 8.78. The summed E-state index contributed by atoms with van der Waals surface area (Å²) in [5.74, 6) is -1.50. The van der Waals surface area contributed by atoms with Crippen molar-refractivity contribution < 1.29 is 28.9 Å². The van der Waals surface area contributed by atoms with Crippen molar-refractivity contribution in [2.24, 2.45) is 0 Å². The number of imidazole rings is 1. The van der Waals surface area contributed by atoms with Crippen LogP contribution in [-0.4, -0.2) is 83.1 Å².